The molecule has 0 aromatic carbocycles. The Morgan fingerprint density at radius 3 is 2.67 bits per heavy atom. The third-order valence-electron chi connectivity index (χ3n) is 1.15. The lowest BCUT2D eigenvalue weighted by Crippen LogP contribution is -2.39. The second-order valence-corrected chi connectivity index (χ2v) is 3.36. The first-order valence-electron chi connectivity index (χ1n) is 3.63. The van der Waals surface area contributed by atoms with Crippen molar-refractivity contribution in [3.05, 3.63) is 0 Å². The van der Waals surface area contributed by atoms with Crippen molar-refractivity contribution in [2.24, 2.45) is 12.8 Å². The van der Waals surface area contributed by atoms with Gasteiger partial charge in [0.15, 0.2) is 0 Å². The maximum Gasteiger partial charge on any atom is 0.335 e. The third-order valence-corrected chi connectivity index (χ3v) is 1.15. The minimum absolute atomic E-state index is 0.369. The summed E-state index contributed by atoms with van der Waals surface area (Å²) in [5, 5.41) is 10.7. The molecule has 0 atom stereocenters. The second kappa shape index (κ2) is 3.06. The molecule has 12 heavy (non-hydrogen) atoms. The number of nitrogens with zero attached hydrogens (tertiary/aromatic N) is 4. The number of nitrogens with two attached hydrogens (primary N) is 1. The number of hydrogen-bond acceptors (Lipinski definition) is 5. The molecule has 6 nitrogen and oxygen atoms in total. The molecule has 6 heteroatoms. The van der Waals surface area contributed by atoms with Gasteiger partial charge in [-0.25, -0.2) is 0 Å². The minimum Gasteiger partial charge on any atom is -0.461 e. The first kappa shape index (κ1) is 8.92. The van der Waals surface area contributed by atoms with Crippen molar-refractivity contribution in [2.75, 3.05) is 6.61 Å². The van der Waals surface area contributed by atoms with Gasteiger partial charge >= 0.3 is 6.01 Å². The van der Waals surface area contributed by atoms with E-state index >= 15 is 0 Å². The van der Waals surface area contributed by atoms with Crippen LogP contribution < -0.4 is 10.5 Å². The largest absolute Gasteiger partial charge is 0.461 e. The molecule has 0 radical (unpaired) electrons. The van der Waals surface area contributed by atoms with Crippen LogP contribution >= 0.6 is 0 Å². The molecule has 0 amide bonds. The van der Waals surface area contributed by atoms with E-state index in [2.05, 4.69) is 15.5 Å². The Hall–Kier alpha value is -1.17. The Labute approximate surface area is 70.7 Å². The lowest BCUT2D eigenvalue weighted by Gasteiger charge is -2.17. The SMILES string of the molecule is Cn1nnnc1OCC(C)(C)N. The van der Waals surface area contributed by atoms with Crippen molar-refractivity contribution in [3.8, 4) is 6.01 Å². The van der Waals surface area contributed by atoms with Crippen LogP contribution in [0.25, 0.3) is 0 Å². The summed E-state index contributed by atoms with van der Waals surface area (Å²) in [6, 6.07) is 0.383. The molecule has 2 N–H and O–H groups in total. The quantitative estimate of drug-likeness (QED) is 0.652. The maximum absolute atomic E-state index is 5.70. The van der Waals surface area contributed by atoms with Crippen LogP contribution in [0.15, 0.2) is 0 Å². The average Bonchev–Trinajstić information content (AvgIpc) is 2.29. The van der Waals surface area contributed by atoms with Gasteiger partial charge in [0.1, 0.15) is 6.61 Å². The number of ether oxygens (including phenoxy) is 1. The summed E-state index contributed by atoms with van der Waals surface area (Å²) in [4.78, 5) is 0. The van der Waals surface area contributed by atoms with E-state index in [4.69, 9.17) is 10.5 Å². The van der Waals surface area contributed by atoms with E-state index in [0.29, 0.717) is 12.6 Å². The average molecular weight is 171 g/mol. The fourth-order valence-electron chi connectivity index (χ4n) is 0.594. The number of aromatic nitrogens is 4. The van der Waals surface area contributed by atoms with Crippen LogP contribution in [0.3, 0.4) is 0 Å². The fraction of sp³-hybridized carbons (Fsp3) is 0.833. The predicted molar refractivity (Wildman–Crippen MR) is 42.6 cm³/mol. The predicted octanol–water partition coefficient (Wildman–Crippen LogP) is -0.674. The fourth-order valence-corrected chi connectivity index (χ4v) is 0.594. The molecular formula is C6H13N5O. The molecule has 1 aromatic heterocycles. The van der Waals surface area contributed by atoms with Crippen molar-refractivity contribution in [2.45, 2.75) is 19.4 Å². The Bertz CT molecular complexity index is 251. The van der Waals surface area contributed by atoms with Crippen LogP contribution in [0.2, 0.25) is 0 Å². The third kappa shape index (κ3) is 2.46. The van der Waals surface area contributed by atoms with E-state index in [1.165, 1.54) is 4.68 Å². The van der Waals surface area contributed by atoms with Gasteiger partial charge in [-0.2, -0.15) is 4.68 Å². The molecular weight excluding hydrogens is 158 g/mol. The van der Waals surface area contributed by atoms with Crippen LogP contribution in [0.4, 0.5) is 0 Å². The highest BCUT2D eigenvalue weighted by Gasteiger charge is 2.13. The summed E-state index contributed by atoms with van der Waals surface area (Å²) in [6.45, 7) is 4.13. The standard InChI is InChI=1S/C6H13N5O/c1-6(2,7)4-12-5-8-9-10-11(5)3/h4,7H2,1-3H3. The van der Waals surface area contributed by atoms with E-state index in [1.807, 2.05) is 13.8 Å². The van der Waals surface area contributed by atoms with Crippen molar-refractivity contribution < 1.29 is 4.74 Å². The zero-order valence-electron chi connectivity index (χ0n) is 7.48. The van der Waals surface area contributed by atoms with Gasteiger partial charge in [-0.15, -0.1) is 0 Å². The molecule has 0 bridgehead atoms. The number of hydrogen-bond donors (Lipinski definition) is 1. The lowest BCUT2D eigenvalue weighted by molar-refractivity contribution is 0.217. The highest BCUT2D eigenvalue weighted by Crippen LogP contribution is 2.03. The first-order chi connectivity index (χ1) is 5.49. The van der Waals surface area contributed by atoms with Crippen LogP contribution in [0.5, 0.6) is 6.01 Å². The molecule has 1 aromatic rings. The molecule has 0 aliphatic heterocycles. The van der Waals surface area contributed by atoms with Gasteiger partial charge in [0.05, 0.1) is 0 Å². The van der Waals surface area contributed by atoms with Crippen molar-refractivity contribution in [1.29, 1.82) is 0 Å². The molecule has 0 aliphatic carbocycles. The Kier molecular flexibility index (Phi) is 2.27. The van der Waals surface area contributed by atoms with Crippen LogP contribution in [-0.4, -0.2) is 32.4 Å². The number of rotatable bonds is 3. The van der Waals surface area contributed by atoms with E-state index in [9.17, 15) is 0 Å². The van der Waals surface area contributed by atoms with E-state index in [1.54, 1.807) is 7.05 Å². The zero-order chi connectivity index (χ0) is 9.19. The van der Waals surface area contributed by atoms with Crippen LogP contribution in [0, 0.1) is 0 Å². The Morgan fingerprint density at radius 1 is 1.58 bits per heavy atom. The molecule has 0 unspecified atom stereocenters. The monoisotopic (exact) mass is 171 g/mol. The van der Waals surface area contributed by atoms with Gasteiger partial charge in [-0.3, -0.25) is 0 Å². The summed E-state index contributed by atoms with van der Waals surface area (Å²) >= 11 is 0. The summed E-state index contributed by atoms with van der Waals surface area (Å²) < 4.78 is 6.69. The molecule has 0 saturated heterocycles. The topological polar surface area (TPSA) is 78.8 Å². The highest BCUT2D eigenvalue weighted by atomic mass is 16.5. The normalized spacial score (nSPS) is 11.7. The van der Waals surface area contributed by atoms with Crippen molar-refractivity contribution >= 4 is 0 Å². The lowest BCUT2D eigenvalue weighted by atomic mass is 10.1. The summed E-state index contributed by atoms with van der Waals surface area (Å²) in [5.74, 6) is 0. The number of aryl methyl sites for hydroxylation is 1. The molecule has 0 aliphatic rings. The molecule has 0 saturated carbocycles. The van der Waals surface area contributed by atoms with E-state index in [0.717, 1.165) is 0 Å². The van der Waals surface area contributed by atoms with Gasteiger partial charge in [-0.1, -0.05) is 5.10 Å². The van der Waals surface area contributed by atoms with Gasteiger partial charge in [0.25, 0.3) is 0 Å². The van der Waals surface area contributed by atoms with Crippen molar-refractivity contribution in [1.82, 2.24) is 20.2 Å². The Morgan fingerprint density at radius 2 is 2.25 bits per heavy atom. The molecule has 1 rings (SSSR count). The molecule has 1 heterocycles. The second-order valence-electron chi connectivity index (χ2n) is 3.36. The molecule has 0 fully saturated rings. The van der Waals surface area contributed by atoms with Gasteiger partial charge in [-0.05, 0) is 24.3 Å². The molecule has 0 spiro atoms. The Balaban J connectivity index is 2.49. The molecule has 68 valence electrons. The van der Waals surface area contributed by atoms with Gasteiger partial charge < -0.3 is 10.5 Å². The zero-order valence-corrected chi connectivity index (χ0v) is 7.48. The highest BCUT2D eigenvalue weighted by molar-refractivity contribution is 4.87. The van der Waals surface area contributed by atoms with Gasteiger partial charge in [0, 0.05) is 12.6 Å². The van der Waals surface area contributed by atoms with Gasteiger partial charge in [0.2, 0.25) is 0 Å². The van der Waals surface area contributed by atoms with Crippen molar-refractivity contribution in [3.63, 3.8) is 0 Å². The van der Waals surface area contributed by atoms with E-state index in [-0.39, 0.29) is 5.54 Å². The number of tetrazole rings is 1. The maximum atomic E-state index is 5.70. The van der Waals surface area contributed by atoms with E-state index < -0.39 is 0 Å². The van der Waals surface area contributed by atoms with Crippen LogP contribution in [-0.2, 0) is 7.05 Å². The first-order valence-corrected chi connectivity index (χ1v) is 3.63. The summed E-state index contributed by atoms with van der Waals surface area (Å²) in [7, 11) is 1.71. The smallest absolute Gasteiger partial charge is 0.335 e. The van der Waals surface area contributed by atoms with Crippen LogP contribution in [0.1, 0.15) is 13.8 Å². The minimum atomic E-state index is -0.369. The summed E-state index contributed by atoms with van der Waals surface area (Å²) in [5.41, 5.74) is 5.33. The summed E-state index contributed by atoms with van der Waals surface area (Å²) in [6.07, 6.45) is 0.